The molecule has 1 heterocycles. The second-order valence-corrected chi connectivity index (χ2v) is 3.64. The van der Waals surface area contributed by atoms with Gasteiger partial charge in [0.15, 0.2) is 11.5 Å². The molecule has 0 aliphatic rings. The molecule has 2 aromatic rings. The lowest BCUT2D eigenvalue weighted by atomic mass is 10.1. The van der Waals surface area contributed by atoms with Gasteiger partial charge in [-0.05, 0) is 24.3 Å². The summed E-state index contributed by atoms with van der Waals surface area (Å²) in [5, 5.41) is 3.48. The topological polar surface area (TPSA) is 61.6 Å². The molecule has 0 spiro atoms. The van der Waals surface area contributed by atoms with Crippen LogP contribution < -0.4 is 4.74 Å². The molecule has 2 rings (SSSR count). The molecular formula is C12H8F3NO4. The molecule has 5 nitrogen and oxygen atoms in total. The molecule has 0 bridgehead atoms. The number of halogens is 3. The van der Waals surface area contributed by atoms with E-state index in [-0.39, 0.29) is 17.2 Å². The Kier molecular flexibility index (Phi) is 3.64. The molecule has 1 aromatic heterocycles. The van der Waals surface area contributed by atoms with E-state index in [4.69, 9.17) is 4.52 Å². The number of benzene rings is 1. The number of rotatable bonds is 3. The predicted molar refractivity (Wildman–Crippen MR) is 60.0 cm³/mol. The highest BCUT2D eigenvalue weighted by Gasteiger charge is 2.31. The molecule has 0 saturated heterocycles. The second kappa shape index (κ2) is 5.24. The monoisotopic (exact) mass is 287 g/mol. The number of esters is 1. The average molecular weight is 287 g/mol. The normalized spacial score (nSPS) is 11.2. The van der Waals surface area contributed by atoms with Gasteiger partial charge in [-0.2, -0.15) is 0 Å². The Bertz CT molecular complexity index is 604. The summed E-state index contributed by atoms with van der Waals surface area (Å²) in [5.41, 5.74) is 0.417. The highest BCUT2D eigenvalue weighted by atomic mass is 19.4. The highest BCUT2D eigenvalue weighted by molar-refractivity contribution is 5.88. The first-order chi connectivity index (χ1) is 9.39. The zero-order valence-electron chi connectivity index (χ0n) is 10.1. The third-order valence-corrected chi connectivity index (χ3v) is 2.28. The Morgan fingerprint density at radius 1 is 1.25 bits per heavy atom. The van der Waals surface area contributed by atoms with Gasteiger partial charge in [0.05, 0.1) is 7.11 Å². The third kappa shape index (κ3) is 3.28. The van der Waals surface area contributed by atoms with Gasteiger partial charge in [0.25, 0.3) is 0 Å². The molecule has 0 atom stereocenters. The summed E-state index contributed by atoms with van der Waals surface area (Å²) < 4.78 is 49.1. The van der Waals surface area contributed by atoms with Crippen molar-refractivity contribution in [2.24, 2.45) is 0 Å². The van der Waals surface area contributed by atoms with Crippen molar-refractivity contribution in [1.82, 2.24) is 5.16 Å². The van der Waals surface area contributed by atoms with Gasteiger partial charge in [0.1, 0.15) is 5.75 Å². The second-order valence-electron chi connectivity index (χ2n) is 3.64. The number of ether oxygens (including phenoxy) is 2. The van der Waals surface area contributed by atoms with E-state index in [2.05, 4.69) is 14.6 Å². The van der Waals surface area contributed by atoms with Crippen molar-refractivity contribution in [3.8, 4) is 17.1 Å². The van der Waals surface area contributed by atoms with Crippen molar-refractivity contribution in [1.29, 1.82) is 0 Å². The molecule has 0 aliphatic carbocycles. The maximum atomic E-state index is 12.0. The van der Waals surface area contributed by atoms with Crippen molar-refractivity contribution >= 4 is 5.97 Å². The molecule has 0 amide bonds. The summed E-state index contributed by atoms with van der Waals surface area (Å²) in [5.74, 6) is -0.796. The molecule has 1 aromatic carbocycles. The van der Waals surface area contributed by atoms with Crippen molar-refractivity contribution in [2.75, 3.05) is 7.11 Å². The van der Waals surface area contributed by atoms with Gasteiger partial charge in [0.2, 0.25) is 0 Å². The Balaban J connectivity index is 2.18. The molecule has 0 unspecified atom stereocenters. The summed E-state index contributed by atoms with van der Waals surface area (Å²) in [7, 11) is 1.19. The van der Waals surface area contributed by atoms with Gasteiger partial charge in [-0.3, -0.25) is 0 Å². The zero-order chi connectivity index (χ0) is 14.8. The highest BCUT2D eigenvalue weighted by Crippen LogP contribution is 2.26. The van der Waals surface area contributed by atoms with Crippen LogP contribution in [-0.4, -0.2) is 24.6 Å². The van der Waals surface area contributed by atoms with Crippen LogP contribution in [0.2, 0.25) is 0 Å². The van der Waals surface area contributed by atoms with E-state index in [9.17, 15) is 18.0 Å². The van der Waals surface area contributed by atoms with Gasteiger partial charge in [-0.25, -0.2) is 4.79 Å². The first kappa shape index (κ1) is 13.9. The van der Waals surface area contributed by atoms with Crippen LogP contribution >= 0.6 is 0 Å². The van der Waals surface area contributed by atoms with E-state index < -0.39 is 12.3 Å². The smallest absolute Gasteiger partial charge is 0.464 e. The van der Waals surface area contributed by atoms with E-state index in [1.807, 2.05) is 0 Å². The summed E-state index contributed by atoms with van der Waals surface area (Å²) in [6.45, 7) is 0. The predicted octanol–water partition coefficient (Wildman–Crippen LogP) is 3.03. The standard InChI is InChI=1S/C12H8F3NO4/c1-18-11(17)9-6-10(20-16-9)7-2-4-8(5-3-7)19-12(13,14)15/h2-6H,1H3. The third-order valence-electron chi connectivity index (χ3n) is 2.28. The number of nitrogens with zero attached hydrogens (tertiary/aromatic N) is 1. The zero-order valence-corrected chi connectivity index (χ0v) is 10.1. The first-order valence-electron chi connectivity index (χ1n) is 5.30. The Labute approximate surface area is 110 Å². The summed E-state index contributed by atoms with van der Waals surface area (Å²) in [6.07, 6.45) is -4.74. The minimum absolute atomic E-state index is 0.0295. The summed E-state index contributed by atoms with van der Waals surface area (Å²) in [6, 6.07) is 6.28. The summed E-state index contributed by atoms with van der Waals surface area (Å²) in [4.78, 5) is 11.2. The minimum Gasteiger partial charge on any atom is -0.464 e. The number of carbonyl (C=O) groups excluding carboxylic acids is 1. The maximum Gasteiger partial charge on any atom is 0.573 e. The largest absolute Gasteiger partial charge is 0.573 e. The van der Waals surface area contributed by atoms with Crippen molar-refractivity contribution in [3.05, 3.63) is 36.0 Å². The van der Waals surface area contributed by atoms with Crippen molar-refractivity contribution in [3.63, 3.8) is 0 Å². The molecule has 0 N–H and O–H groups in total. The van der Waals surface area contributed by atoms with Gasteiger partial charge in [-0.1, -0.05) is 5.16 Å². The number of methoxy groups -OCH3 is 1. The van der Waals surface area contributed by atoms with Crippen LogP contribution in [0.5, 0.6) is 5.75 Å². The maximum absolute atomic E-state index is 12.0. The van der Waals surface area contributed by atoms with E-state index in [0.29, 0.717) is 5.56 Å². The molecular weight excluding hydrogens is 279 g/mol. The van der Waals surface area contributed by atoms with E-state index in [1.54, 1.807) is 0 Å². The number of alkyl halides is 3. The SMILES string of the molecule is COC(=O)c1cc(-c2ccc(OC(F)(F)F)cc2)on1. The number of hydrogen-bond acceptors (Lipinski definition) is 5. The average Bonchev–Trinajstić information content (AvgIpc) is 2.86. The van der Waals surface area contributed by atoms with Gasteiger partial charge >= 0.3 is 12.3 Å². The van der Waals surface area contributed by atoms with Crippen molar-refractivity contribution < 1.29 is 32.0 Å². The minimum atomic E-state index is -4.74. The Hall–Kier alpha value is -2.51. The van der Waals surface area contributed by atoms with E-state index >= 15 is 0 Å². The quantitative estimate of drug-likeness (QED) is 0.812. The number of carbonyl (C=O) groups is 1. The fourth-order valence-electron chi connectivity index (χ4n) is 1.43. The van der Waals surface area contributed by atoms with Crippen LogP contribution in [0.3, 0.4) is 0 Å². The lowest BCUT2D eigenvalue weighted by molar-refractivity contribution is -0.274. The van der Waals surface area contributed by atoms with Crippen LogP contribution in [0, 0.1) is 0 Å². The van der Waals surface area contributed by atoms with E-state index in [0.717, 1.165) is 12.1 Å². The molecule has 20 heavy (non-hydrogen) atoms. The summed E-state index contributed by atoms with van der Waals surface area (Å²) >= 11 is 0. The van der Waals surface area contributed by atoms with Crippen LogP contribution in [-0.2, 0) is 4.74 Å². The van der Waals surface area contributed by atoms with Gasteiger partial charge in [-0.15, -0.1) is 13.2 Å². The molecule has 8 heteroatoms. The van der Waals surface area contributed by atoms with Crippen molar-refractivity contribution in [2.45, 2.75) is 6.36 Å². The van der Waals surface area contributed by atoms with Gasteiger partial charge in [0, 0.05) is 11.6 Å². The lowest BCUT2D eigenvalue weighted by Crippen LogP contribution is -2.16. The molecule has 0 fully saturated rings. The van der Waals surface area contributed by atoms with Crippen LogP contribution in [0.1, 0.15) is 10.5 Å². The van der Waals surface area contributed by atoms with Crippen LogP contribution in [0.4, 0.5) is 13.2 Å². The van der Waals surface area contributed by atoms with E-state index in [1.165, 1.54) is 25.3 Å². The number of hydrogen-bond donors (Lipinski definition) is 0. The molecule has 0 saturated carbocycles. The van der Waals surface area contributed by atoms with Gasteiger partial charge < -0.3 is 14.0 Å². The fourth-order valence-corrected chi connectivity index (χ4v) is 1.43. The molecule has 106 valence electrons. The van der Waals surface area contributed by atoms with Crippen LogP contribution in [0.15, 0.2) is 34.9 Å². The van der Waals surface area contributed by atoms with Crippen LogP contribution in [0.25, 0.3) is 11.3 Å². The number of aromatic nitrogens is 1. The Morgan fingerprint density at radius 3 is 2.45 bits per heavy atom. The lowest BCUT2D eigenvalue weighted by Gasteiger charge is -2.08. The molecule has 0 aliphatic heterocycles. The first-order valence-corrected chi connectivity index (χ1v) is 5.30. The molecule has 0 radical (unpaired) electrons. The fraction of sp³-hybridized carbons (Fsp3) is 0.167. The Morgan fingerprint density at radius 2 is 1.90 bits per heavy atom.